The third-order valence-corrected chi connectivity index (χ3v) is 0. The van der Waals surface area contributed by atoms with E-state index in [0.717, 1.165) is 0 Å². The van der Waals surface area contributed by atoms with Gasteiger partial charge in [0.1, 0.15) is 0 Å². The molecule has 0 nitrogen and oxygen atoms in total. The molecule has 0 aromatic rings. The summed E-state index contributed by atoms with van der Waals surface area (Å²) in [5, 5.41) is 0. The molecule has 0 aliphatic heterocycles. The minimum absolute atomic E-state index is 0. The van der Waals surface area contributed by atoms with Crippen molar-refractivity contribution < 1.29 is 250 Å². The summed E-state index contributed by atoms with van der Waals surface area (Å²) in [5.74, 6) is 0. The zero-order chi connectivity index (χ0) is 0. The summed E-state index contributed by atoms with van der Waals surface area (Å²) < 4.78 is 0. The Hall–Kier alpha value is 7.59. The van der Waals surface area contributed by atoms with E-state index >= 15 is 0 Å². The summed E-state index contributed by atoms with van der Waals surface area (Å²) >= 11 is 0. The van der Waals surface area contributed by atoms with Crippen molar-refractivity contribution in [2.24, 2.45) is 0 Å². The first kappa shape index (κ1) is 70.0. The zero-order valence-corrected chi connectivity index (χ0v) is 21.4. The van der Waals surface area contributed by atoms with Gasteiger partial charge in [-0.3, -0.25) is 0 Å². The molecule has 0 spiro atoms. The molecular formula is Cl4FeK3Na+2. The van der Waals surface area contributed by atoms with Crippen molar-refractivity contribution in [3.8, 4) is 0 Å². The monoisotopic (exact) mass is 336 g/mol. The van der Waals surface area contributed by atoms with Gasteiger partial charge in [-0.15, -0.1) is 0 Å². The van der Waals surface area contributed by atoms with Crippen LogP contribution in [0.15, 0.2) is 0 Å². The van der Waals surface area contributed by atoms with Gasteiger partial charge in [0.15, 0.2) is 0 Å². The summed E-state index contributed by atoms with van der Waals surface area (Å²) in [5.41, 5.74) is 0. The minimum atomic E-state index is 0. The van der Waals surface area contributed by atoms with Crippen molar-refractivity contribution in [3.63, 3.8) is 0 Å². The van der Waals surface area contributed by atoms with Crippen LogP contribution in [0, 0.1) is 0 Å². The second-order valence-corrected chi connectivity index (χ2v) is 0. The maximum Gasteiger partial charge on any atom is 2.00 e. The molecule has 0 aromatic carbocycles. The van der Waals surface area contributed by atoms with E-state index in [-0.39, 0.29) is 250 Å². The van der Waals surface area contributed by atoms with E-state index in [1.807, 2.05) is 0 Å². The standard InChI is InChI=1S/4ClH.Fe.3K.Na/h4*1H;;;;;/q;;;;+2;4*+1/p-4. The molecule has 9 heteroatoms. The molecule has 38 valence electrons. The average Bonchev–Trinajstić information content (AvgIpc) is 0. The largest absolute Gasteiger partial charge is 2.00 e. The first-order valence-electron chi connectivity index (χ1n) is 0. The van der Waals surface area contributed by atoms with Gasteiger partial charge in [0, 0.05) is 0 Å². The molecule has 0 rings (SSSR count). The first-order chi connectivity index (χ1) is 0. The predicted molar refractivity (Wildman–Crippen MR) is 0 cm³/mol. The summed E-state index contributed by atoms with van der Waals surface area (Å²) in [4.78, 5) is 0. The quantitative estimate of drug-likeness (QED) is 0.385. The Kier molecular flexibility index (Phi) is 448. The smallest absolute Gasteiger partial charge is 1.00 e. The van der Waals surface area contributed by atoms with Gasteiger partial charge in [0.2, 0.25) is 0 Å². The van der Waals surface area contributed by atoms with Crippen LogP contribution in [0.2, 0.25) is 0 Å². The average molecular weight is 338 g/mol. The Bertz CT molecular complexity index is 15.8. The molecule has 0 saturated heterocycles. The SMILES string of the molecule is [Cl-].[Cl-].[Cl-].[Cl-].[Fe+2].[K+].[K+].[K+].[Na+]. The van der Waals surface area contributed by atoms with Crippen LogP contribution in [-0.2, 0) is 17.1 Å². The Morgan fingerprint density at radius 2 is 0.444 bits per heavy atom. The van der Waals surface area contributed by atoms with Crippen LogP contribution < -0.4 is 233 Å². The fourth-order valence-electron chi connectivity index (χ4n) is 0. The van der Waals surface area contributed by atoms with Crippen LogP contribution in [0.25, 0.3) is 0 Å². The van der Waals surface area contributed by atoms with Crippen LogP contribution in [-0.4, -0.2) is 0 Å². The van der Waals surface area contributed by atoms with Gasteiger partial charge in [0.05, 0.1) is 0 Å². The molecule has 0 unspecified atom stereocenters. The molecule has 0 aromatic heterocycles. The molecule has 0 atom stereocenters. The molecule has 9 heavy (non-hydrogen) atoms. The third kappa shape index (κ3) is 50.0. The van der Waals surface area contributed by atoms with Crippen molar-refractivity contribution >= 4 is 0 Å². The summed E-state index contributed by atoms with van der Waals surface area (Å²) in [6.07, 6.45) is 0. The Morgan fingerprint density at radius 3 is 0.444 bits per heavy atom. The maximum atomic E-state index is 0. The van der Waals surface area contributed by atoms with E-state index in [0.29, 0.717) is 0 Å². The Labute approximate surface area is 242 Å². The fourth-order valence-corrected chi connectivity index (χ4v) is 0. The van der Waals surface area contributed by atoms with Crippen LogP contribution in [0.3, 0.4) is 0 Å². The third-order valence-electron chi connectivity index (χ3n) is 0. The van der Waals surface area contributed by atoms with Gasteiger partial charge in [-0.2, -0.15) is 0 Å². The first-order valence-corrected chi connectivity index (χ1v) is 0. The summed E-state index contributed by atoms with van der Waals surface area (Å²) in [6.45, 7) is 0. The van der Waals surface area contributed by atoms with E-state index in [9.17, 15) is 0 Å². The molecule has 0 fully saturated rings. The van der Waals surface area contributed by atoms with Crippen LogP contribution in [0.1, 0.15) is 0 Å². The van der Waals surface area contributed by atoms with Gasteiger partial charge in [-0.05, 0) is 0 Å². The molecule has 0 N–H and O–H groups in total. The van der Waals surface area contributed by atoms with Crippen molar-refractivity contribution in [2.45, 2.75) is 0 Å². The molecule has 0 aliphatic rings. The van der Waals surface area contributed by atoms with Crippen molar-refractivity contribution in [1.29, 1.82) is 0 Å². The number of halogens is 4. The zero-order valence-electron chi connectivity index (χ0n) is 5.87. The second kappa shape index (κ2) is 57.6. The van der Waals surface area contributed by atoms with Gasteiger partial charge in [0.25, 0.3) is 0 Å². The van der Waals surface area contributed by atoms with Crippen molar-refractivity contribution in [1.82, 2.24) is 0 Å². The topological polar surface area (TPSA) is 0 Å². The molecule has 0 saturated carbocycles. The van der Waals surface area contributed by atoms with Crippen LogP contribution in [0.5, 0.6) is 0 Å². The van der Waals surface area contributed by atoms with E-state index in [4.69, 9.17) is 0 Å². The minimum Gasteiger partial charge on any atom is -1.00 e. The predicted octanol–water partition coefficient (Wildman–Crippen LogP) is -24.0. The normalized spacial score (nSPS) is 0. The van der Waals surface area contributed by atoms with Gasteiger partial charge >= 0.3 is 201 Å². The summed E-state index contributed by atoms with van der Waals surface area (Å²) in [6, 6.07) is 0. The molecular weight excluding hydrogens is 338 g/mol. The molecule has 0 amide bonds. The van der Waals surface area contributed by atoms with Crippen molar-refractivity contribution in [2.75, 3.05) is 0 Å². The van der Waals surface area contributed by atoms with Gasteiger partial charge in [-0.25, -0.2) is 0 Å². The maximum absolute atomic E-state index is 0. The number of hydrogen-bond donors (Lipinski definition) is 0. The van der Waals surface area contributed by atoms with E-state index in [1.54, 1.807) is 0 Å². The second-order valence-electron chi connectivity index (χ2n) is 0. The van der Waals surface area contributed by atoms with Crippen molar-refractivity contribution in [3.05, 3.63) is 0 Å². The van der Waals surface area contributed by atoms with E-state index in [1.165, 1.54) is 0 Å². The number of hydrogen-bond acceptors (Lipinski definition) is 0. The molecule has 0 heterocycles. The van der Waals surface area contributed by atoms with Gasteiger partial charge in [-0.1, -0.05) is 0 Å². The number of rotatable bonds is 0. The summed E-state index contributed by atoms with van der Waals surface area (Å²) in [7, 11) is 0. The Balaban J connectivity index is 0. The molecule has 0 bridgehead atoms. The van der Waals surface area contributed by atoms with Crippen LogP contribution in [0.4, 0.5) is 0 Å². The molecule has 0 radical (unpaired) electrons. The van der Waals surface area contributed by atoms with Gasteiger partial charge < -0.3 is 49.6 Å². The van der Waals surface area contributed by atoms with Crippen LogP contribution >= 0.6 is 0 Å². The molecule has 0 aliphatic carbocycles. The van der Waals surface area contributed by atoms with E-state index in [2.05, 4.69) is 0 Å². The Morgan fingerprint density at radius 1 is 0.444 bits per heavy atom. The fraction of sp³-hybridized carbons (Fsp3) is 0. The van der Waals surface area contributed by atoms with E-state index < -0.39 is 0 Å².